The highest BCUT2D eigenvalue weighted by Gasteiger charge is 2.29. The molecule has 0 saturated carbocycles. The van der Waals surface area contributed by atoms with Crippen molar-refractivity contribution in [1.29, 1.82) is 0 Å². The molecular weight excluding hydrogens is 428 g/mol. The van der Waals surface area contributed by atoms with E-state index in [1.54, 1.807) is 42.5 Å². The lowest BCUT2D eigenvalue weighted by molar-refractivity contribution is -0.148. The third-order valence-electron chi connectivity index (χ3n) is 5.02. The number of aliphatic hydroxyl groups excluding tert-OH is 1. The molecule has 0 saturated heterocycles. The van der Waals surface area contributed by atoms with E-state index in [-0.39, 0.29) is 38.1 Å². The molecule has 2 unspecified atom stereocenters. The van der Waals surface area contributed by atoms with Gasteiger partial charge in [-0.3, -0.25) is 4.79 Å². The molecule has 1 heterocycles. The number of para-hydroxylation sites is 2. The molecule has 9 nitrogen and oxygen atoms in total. The Balaban J connectivity index is 1.76. The molecule has 0 fully saturated rings. The number of carbonyl (C=O) groups excluding carboxylic acids is 2. The zero-order valence-electron chi connectivity index (χ0n) is 18.4. The van der Waals surface area contributed by atoms with E-state index in [2.05, 4.69) is 5.32 Å². The molecule has 176 valence electrons. The van der Waals surface area contributed by atoms with Crippen LogP contribution in [-0.2, 0) is 23.7 Å². The molecule has 0 aliphatic carbocycles. The van der Waals surface area contributed by atoms with E-state index in [0.717, 1.165) is 5.56 Å². The van der Waals surface area contributed by atoms with Crippen molar-refractivity contribution in [3.63, 3.8) is 0 Å². The number of hydrogen-bond donors (Lipinski definition) is 3. The van der Waals surface area contributed by atoms with E-state index in [0.29, 0.717) is 23.4 Å². The number of aliphatic hydroxyl groups is 1. The molecule has 2 atom stereocenters. The Bertz CT molecular complexity index is 975. The predicted molar refractivity (Wildman–Crippen MR) is 121 cm³/mol. The van der Waals surface area contributed by atoms with Crippen LogP contribution in [0.2, 0.25) is 0 Å². The van der Waals surface area contributed by atoms with Crippen molar-refractivity contribution in [2.75, 3.05) is 44.6 Å². The topological polar surface area (TPSA) is 129 Å². The summed E-state index contributed by atoms with van der Waals surface area (Å²) >= 11 is 0. The Morgan fingerprint density at radius 2 is 1.88 bits per heavy atom. The van der Waals surface area contributed by atoms with Crippen molar-refractivity contribution in [3.8, 4) is 0 Å². The Morgan fingerprint density at radius 1 is 1.12 bits per heavy atom. The number of benzene rings is 2. The number of esters is 1. The zero-order valence-corrected chi connectivity index (χ0v) is 18.4. The van der Waals surface area contributed by atoms with Gasteiger partial charge in [0.1, 0.15) is 0 Å². The van der Waals surface area contributed by atoms with Gasteiger partial charge in [-0.15, -0.1) is 0 Å². The minimum atomic E-state index is -0.688. The van der Waals surface area contributed by atoms with Crippen LogP contribution in [0.4, 0.5) is 11.4 Å². The molecule has 0 radical (unpaired) electrons. The smallest absolute Gasteiger partial charge is 0.337 e. The van der Waals surface area contributed by atoms with Crippen LogP contribution in [0.25, 0.3) is 0 Å². The molecule has 1 aliphatic heterocycles. The summed E-state index contributed by atoms with van der Waals surface area (Å²) in [6.07, 6.45) is 1.50. The quantitative estimate of drug-likeness (QED) is 0.282. The Kier molecular flexibility index (Phi) is 8.82. The van der Waals surface area contributed by atoms with Crippen LogP contribution in [0, 0.1) is 0 Å². The minimum Gasteiger partial charge on any atom is -0.465 e. The average Bonchev–Trinajstić information content (AvgIpc) is 2.84. The molecule has 0 bridgehead atoms. The molecule has 9 heteroatoms. The van der Waals surface area contributed by atoms with Crippen LogP contribution in [0.5, 0.6) is 0 Å². The van der Waals surface area contributed by atoms with Gasteiger partial charge in [-0.2, -0.15) is 0 Å². The van der Waals surface area contributed by atoms with Crippen LogP contribution < -0.4 is 11.1 Å². The second kappa shape index (κ2) is 12.0. The molecule has 2 aromatic rings. The van der Waals surface area contributed by atoms with E-state index >= 15 is 0 Å². The normalized spacial score (nSPS) is 17.6. The third kappa shape index (κ3) is 6.79. The van der Waals surface area contributed by atoms with E-state index in [1.807, 2.05) is 12.1 Å². The number of nitrogen functional groups attached to an aromatic ring is 1. The second-order valence-electron chi connectivity index (χ2n) is 7.28. The lowest BCUT2D eigenvalue weighted by atomic mass is 9.92. The van der Waals surface area contributed by atoms with Gasteiger partial charge in [-0.1, -0.05) is 24.3 Å². The average molecular weight is 456 g/mol. The number of carbonyl (C=O) groups is 2. The van der Waals surface area contributed by atoms with Crippen molar-refractivity contribution in [1.82, 2.24) is 0 Å². The molecule has 0 spiro atoms. The number of ether oxygens (including phenoxy) is 4. The first-order chi connectivity index (χ1) is 16.0. The number of allylic oxidation sites excluding steroid dienone is 1. The van der Waals surface area contributed by atoms with Gasteiger partial charge in [0.2, 0.25) is 6.29 Å². The number of amides is 1. The Labute approximate surface area is 192 Å². The molecule has 0 aromatic heterocycles. The van der Waals surface area contributed by atoms with Gasteiger partial charge < -0.3 is 35.1 Å². The van der Waals surface area contributed by atoms with Gasteiger partial charge in [0, 0.05) is 12.3 Å². The van der Waals surface area contributed by atoms with Gasteiger partial charge in [0.25, 0.3) is 5.91 Å². The Morgan fingerprint density at radius 3 is 2.58 bits per heavy atom. The van der Waals surface area contributed by atoms with Gasteiger partial charge in [-0.25, -0.2) is 4.79 Å². The van der Waals surface area contributed by atoms with E-state index < -0.39 is 18.2 Å². The van der Waals surface area contributed by atoms with Crippen LogP contribution >= 0.6 is 0 Å². The van der Waals surface area contributed by atoms with E-state index in [1.165, 1.54) is 7.11 Å². The van der Waals surface area contributed by atoms with Gasteiger partial charge >= 0.3 is 5.97 Å². The molecule has 2 aromatic carbocycles. The third-order valence-corrected chi connectivity index (χ3v) is 5.02. The van der Waals surface area contributed by atoms with Crippen LogP contribution in [0.1, 0.15) is 28.3 Å². The summed E-state index contributed by atoms with van der Waals surface area (Å²) in [5, 5.41) is 11.6. The van der Waals surface area contributed by atoms with Crippen molar-refractivity contribution in [2.24, 2.45) is 0 Å². The summed E-state index contributed by atoms with van der Waals surface area (Å²) < 4.78 is 21.5. The first-order valence-electron chi connectivity index (χ1n) is 10.5. The molecule has 4 N–H and O–H groups in total. The lowest BCUT2D eigenvalue weighted by Gasteiger charge is -2.29. The van der Waals surface area contributed by atoms with Crippen LogP contribution in [-0.4, -0.2) is 56.8 Å². The first kappa shape index (κ1) is 24.2. The minimum absolute atomic E-state index is 0.0702. The maximum atomic E-state index is 12.9. The van der Waals surface area contributed by atoms with E-state index in [9.17, 15) is 9.59 Å². The zero-order chi connectivity index (χ0) is 23.6. The standard InChI is InChI=1S/C24H28N2O7/c1-30-24(29)17-8-6-16(7-9-17)18-14-21(23(28)26-20-5-3-2-4-19(20)25)33-22(15-18)32-13-12-31-11-10-27/h2-9,14,18,22,27H,10-13,15,25H2,1H3,(H,26,28). The number of nitrogens with two attached hydrogens (primary N) is 1. The van der Waals surface area contributed by atoms with Gasteiger partial charge in [-0.05, 0) is 35.9 Å². The summed E-state index contributed by atoms with van der Waals surface area (Å²) in [7, 11) is 1.33. The fourth-order valence-electron chi connectivity index (χ4n) is 3.33. The molecule has 3 rings (SSSR count). The molecule has 1 amide bonds. The summed E-state index contributed by atoms with van der Waals surface area (Å²) in [6, 6.07) is 13.9. The van der Waals surface area contributed by atoms with Gasteiger partial charge in [0.15, 0.2) is 5.76 Å². The maximum Gasteiger partial charge on any atom is 0.337 e. The summed E-state index contributed by atoms with van der Waals surface area (Å²) in [6.45, 7) is 0.666. The van der Waals surface area contributed by atoms with Crippen molar-refractivity contribution < 1.29 is 33.6 Å². The number of hydrogen-bond acceptors (Lipinski definition) is 8. The highest BCUT2D eigenvalue weighted by atomic mass is 16.7. The number of anilines is 2. The molecule has 33 heavy (non-hydrogen) atoms. The fraction of sp³-hybridized carbons (Fsp3) is 0.333. The van der Waals surface area contributed by atoms with Crippen molar-refractivity contribution >= 4 is 23.3 Å². The van der Waals surface area contributed by atoms with Crippen LogP contribution in [0.3, 0.4) is 0 Å². The number of rotatable bonds is 10. The van der Waals surface area contributed by atoms with Crippen molar-refractivity contribution in [2.45, 2.75) is 18.6 Å². The SMILES string of the molecule is COC(=O)c1ccc(C2C=C(C(=O)Nc3ccccc3N)OC(OCCOCCO)C2)cc1. The maximum absolute atomic E-state index is 12.9. The fourth-order valence-corrected chi connectivity index (χ4v) is 3.33. The van der Waals surface area contributed by atoms with Gasteiger partial charge in [0.05, 0.1) is 50.5 Å². The highest BCUT2D eigenvalue weighted by molar-refractivity contribution is 6.04. The predicted octanol–water partition coefficient (Wildman–Crippen LogP) is 2.43. The highest BCUT2D eigenvalue weighted by Crippen LogP contribution is 2.32. The van der Waals surface area contributed by atoms with Crippen LogP contribution in [0.15, 0.2) is 60.4 Å². The summed E-state index contributed by atoms with van der Waals surface area (Å²) in [4.78, 5) is 24.6. The molecular formula is C24H28N2O7. The largest absolute Gasteiger partial charge is 0.465 e. The monoisotopic (exact) mass is 456 g/mol. The second-order valence-corrected chi connectivity index (χ2v) is 7.28. The number of nitrogens with one attached hydrogen (secondary N) is 1. The summed E-state index contributed by atoms with van der Waals surface area (Å²) in [5.41, 5.74) is 8.17. The first-order valence-corrected chi connectivity index (χ1v) is 10.5. The lowest BCUT2D eigenvalue weighted by Crippen LogP contribution is -2.30. The molecule has 1 aliphatic rings. The van der Waals surface area contributed by atoms with Crippen molar-refractivity contribution in [3.05, 3.63) is 71.5 Å². The number of methoxy groups -OCH3 is 1. The summed E-state index contributed by atoms with van der Waals surface area (Å²) in [5.74, 6) is -0.960. The Hall–Kier alpha value is -3.40. The van der Waals surface area contributed by atoms with E-state index in [4.69, 9.17) is 29.8 Å².